The van der Waals surface area contributed by atoms with Gasteiger partial charge in [-0.05, 0) is 17.2 Å². The number of aryl methyl sites for hydroxylation is 1. The van der Waals surface area contributed by atoms with Crippen LogP contribution in [0.2, 0.25) is 0 Å². The summed E-state index contributed by atoms with van der Waals surface area (Å²) in [7, 11) is 1.71. The van der Waals surface area contributed by atoms with Gasteiger partial charge in [0, 0.05) is 6.42 Å². The largest absolute Gasteiger partial charge is 0.392 e. The van der Waals surface area contributed by atoms with E-state index >= 15 is 0 Å². The molecule has 0 saturated heterocycles. The third-order valence-corrected chi connectivity index (χ3v) is 2.28. The second kappa shape index (κ2) is 4.85. The Labute approximate surface area is 93.7 Å². The van der Waals surface area contributed by atoms with E-state index in [1.807, 2.05) is 30.3 Å². The Morgan fingerprint density at radius 3 is 2.62 bits per heavy atom. The molecule has 0 bridgehead atoms. The van der Waals surface area contributed by atoms with Gasteiger partial charge >= 0.3 is 0 Å². The van der Waals surface area contributed by atoms with Crippen LogP contribution in [0.15, 0.2) is 30.3 Å². The summed E-state index contributed by atoms with van der Waals surface area (Å²) < 4.78 is 0. The van der Waals surface area contributed by atoms with Crippen molar-refractivity contribution in [3.63, 3.8) is 0 Å². The summed E-state index contributed by atoms with van der Waals surface area (Å²) in [6.07, 6.45) is 0.577. The lowest BCUT2D eigenvalue weighted by Crippen LogP contribution is -2.15. The van der Waals surface area contributed by atoms with E-state index in [0.29, 0.717) is 18.7 Å². The van der Waals surface area contributed by atoms with Crippen LogP contribution >= 0.6 is 0 Å². The van der Waals surface area contributed by atoms with E-state index in [4.69, 9.17) is 0 Å². The van der Waals surface area contributed by atoms with Crippen LogP contribution in [0.25, 0.3) is 0 Å². The molecule has 2 rings (SSSR count). The van der Waals surface area contributed by atoms with Gasteiger partial charge in [0.05, 0.1) is 13.2 Å². The van der Waals surface area contributed by atoms with Gasteiger partial charge in [-0.25, -0.2) is 0 Å². The van der Waals surface area contributed by atoms with E-state index in [1.165, 1.54) is 4.80 Å². The first kappa shape index (κ1) is 10.8. The van der Waals surface area contributed by atoms with Crippen molar-refractivity contribution in [2.45, 2.75) is 18.9 Å². The maximum Gasteiger partial charge on any atom is 0.177 e. The lowest BCUT2D eigenvalue weighted by atomic mass is 10.1. The predicted molar refractivity (Wildman–Crippen MR) is 58.7 cm³/mol. The van der Waals surface area contributed by atoms with E-state index in [-0.39, 0.29) is 0 Å². The molecule has 0 radical (unpaired) electrons. The molecule has 1 atom stereocenters. The van der Waals surface area contributed by atoms with Gasteiger partial charge in [0.25, 0.3) is 0 Å². The molecular weight excluding hydrogens is 204 g/mol. The third kappa shape index (κ3) is 2.87. The summed E-state index contributed by atoms with van der Waals surface area (Å²) in [6, 6.07) is 9.87. The number of aliphatic hydroxyl groups is 1. The van der Waals surface area contributed by atoms with Crippen LogP contribution in [-0.4, -0.2) is 31.4 Å². The summed E-state index contributed by atoms with van der Waals surface area (Å²) >= 11 is 0. The summed E-state index contributed by atoms with van der Waals surface area (Å²) in [4.78, 5) is 1.39. The number of hydrogen-bond acceptors (Lipinski definition) is 4. The van der Waals surface area contributed by atoms with E-state index in [2.05, 4.69) is 15.4 Å². The second-order valence-corrected chi connectivity index (χ2v) is 3.74. The Kier molecular flexibility index (Phi) is 3.26. The Morgan fingerprint density at radius 2 is 2.00 bits per heavy atom. The molecule has 5 heteroatoms. The second-order valence-electron chi connectivity index (χ2n) is 3.74. The number of aliphatic hydroxyl groups excluding tert-OH is 1. The molecule has 0 saturated carbocycles. The molecule has 0 aliphatic rings. The minimum Gasteiger partial charge on any atom is -0.392 e. The quantitative estimate of drug-likeness (QED) is 0.804. The maximum absolute atomic E-state index is 9.85. The van der Waals surface area contributed by atoms with Gasteiger partial charge in [0.1, 0.15) is 0 Å². The van der Waals surface area contributed by atoms with Crippen molar-refractivity contribution < 1.29 is 5.11 Å². The van der Waals surface area contributed by atoms with E-state index in [1.54, 1.807) is 7.05 Å². The van der Waals surface area contributed by atoms with Crippen LogP contribution in [0.3, 0.4) is 0 Å². The third-order valence-electron chi connectivity index (χ3n) is 2.28. The highest BCUT2D eigenvalue weighted by Crippen LogP contribution is 2.05. The highest BCUT2D eigenvalue weighted by atomic mass is 16.3. The molecule has 16 heavy (non-hydrogen) atoms. The van der Waals surface area contributed by atoms with Crippen molar-refractivity contribution >= 4 is 0 Å². The molecule has 5 nitrogen and oxygen atoms in total. The Bertz CT molecular complexity index is 440. The van der Waals surface area contributed by atoms with Gasteiger partial charge in [0.2, 0.25) is 0 Å². The minimum absolute atomic E-state index is 0.433. The number of aromatic nitrogens is 4. The van der Waals surface area contributed by atoms with Crippen LogP contribution in [0.5, 0.6) is 0 Å². The maximum atomic E-state index is 9.85. The van der Waals surface area contributed by atoms with Crippen LogP contribution < -0.4 is 0 Å². The molecule has 1 N–H and O–H groups in total. The molecule has 84 valence electrons. The zero-order chi connectivity index (χ0) is 11.4. The lowest BCUT2D eigenvalue weighted by Gasteiger charge is -2.07. The minimum atomic E-state index is -0.466. The highest BCUT2D eigenvalue weighted by molar-refractivity contribution is 5.15. The van der Waals surface area contributed by atoms with Gasteiger partial charge in [0.15, 0.2) is 5.82 Å². The number of benzene rings is 1. The zero-order valence-electron chi connectivity index (χ0n) is 9.11. The van der Waals surface area contributed by atoms with Crippen molar-refractivity contribution in [1.29, 1.82) is 0 Å². The summed E-state index contributed by atoms with van der Waals surface area (Å²) in [5.41, 5.74) is 1.11. The first-order valence-corrected chi connectivity index (χ1v) is 5.19. The van der Waals surface area contributed by atoms with Gasteiger partial charge < -0.3 is 5.11 Å². The number of nitrogens with zero attached hydrogens (tertiary/aromatic N) is 4. The number of rotatable bonds is 4. The molecule has 1 aromatic carbocycles. The van der Waals surface area contributed by atoms with Crippen molar-refractivity contribution in [2.24, 2.45) is 7.05 Å². The lowest BCUT2D eigenvalue weighted by molar-refractivity contribution is 0.173. The molecule has 0 aliphatic carbocycles. The molecular formula is C11H14N4O. The molecule has 1 unspecified atom stereocenters. The summed E-state index contributed by atoms with van der Waals surface area (Å²) in [6.45, 7) is 0. The van der Waals surface area contributed by atoms with Crippen molar-refractivity contribution in [1.82, 2.24) is 20.2 Å². The normalized spacial score (nSPS) is 12.6. The van der Waals surface area contributed by atoms with Crippen LogP contribution in [0.1, 0.15) is 11.4 Å². The summed E-state index contributed by atoms with van der Waals surface area (Å²) in [5.74, 6) is 0.575. The molecule has 0 amide bonds. The standard InChI is InChI=1S/C11H14N4O/c1-15-13-11(12-14-15)8-10(16)7-9-5-3-2-4-6-9/h2-6,10,16H,7-8H2,1H3. The molecule has 1 aromatic heterocycles. The van der Waals surface area contributed by atoms with Crippen molar-refractivity contribution in [3.8, 4) is 0 Å². The summed E-state index contributed by atoms with van der Waals surface area (Å²) in [5, 5.41) is 21.4. The first-order chi connectivity index (χ1) is 7.74. The molecule has 0 spiro atoms. The SMILES string of the molecule is Cn1nnc(CC(O)Cc2ccccc2)n1. The van der Waals surface area contributed by atoms with Crippen LogP contribution in [-0.2, 0) is 19.9 Å². The molecule has 2 aromatic rings. The Hall–Kier alpha value is -1.75. The number of tetrazole rings is 1. The smallest absolute Gasteiger partial charge is 0.177 e. The monoisotopic (exact) mass is 218 g/mol. The Morgan fingerprint density at radius 1 is 1.25 bits per heavy atom. The van der Waals surface area contributed by atoms with Crippen molar-refractivity contribution in [3.05, 3.63) is 41.7 Å². The van der Waals surface area contributed by atoms with Crippen molar-refractivity contribution in [2.75, 3.05) is 0 Å². The average Bonchev–Trinajstić information content (AvgIpc) is 2.65. The van der Waals surface area contributed by atoms with E-state index in [0.717, 1.165) is 5.56 Å². The van der Waals surface area contributed by atoms with Gasteiger partial charge in [-0.2, -0.15) is 4.80 Å². The predicted octanol–water partition coefficient (Wildman–Crippen LogP) is 0.356. The first-order valence-electron chi connectivity index (χ1n) is 5.19. The molecule has 0 aliphatic heterocycles. The van der Waals surface area contributed by atoms with Gasteiger partial charge in [-0.15, -0.1) is 10.2 Å². The highest BCUT2D eigenvalue weighted by Gasteiger charge is 2.10. The van der Waals surface area contributed by atoms with Crippen LogP contribution in [0, 0.1) is 0 Å². The molecule has 1 heterocycles. The fraction of sp³-hybridized carbons (Fsp3) is 0.364. The topological polar surface area (TPSA) is 63.8 Å². The average molecular weight is 218 g/mol. The van der Waals surface area contributed by atoms with E-state index in [9.17, 15) is 5.11 Å². The zero-order valence-corrected chi connectivity index (χ0v) is 9.11. The fourth-order valence-corrected chi connectivity index (χ4v) is 1.57. The van der Waals surface area contributed by atoms with Gasteiger partial charge in [-0.1, -0.05) is 30.3 Å². The molecule has 0 fully saturated rings. The van der Waals surface area contributed by atoms with E-state index < -0.39 is 6.10 Å². The van der Waals surface area contributed by atoms with Gasteiger partial charge in [-0.3, -0.25) is 0 Å². The fourth-order valence-electron chi connectivity index (χ4n) is 1.57. The number of hydrogen-bond donors (Lipinski definition) is 1. The van der Waals surface area contributed by atoms with Crippen LogP contribution in [0.4, 0.5) is 0 Å². The Balaban J connectivity index is 1.92.